The second-order valence-electron chi connectivity index (χ2n) is 1.98. The van der Waals surface area contributed by atoms with Gasteiger partial charge in [0.15, 0.2) is 0 Å². The average Bonchev–Trinajstić information content (AvgIpc) is 2.05. The van der Waals surface area contributed by atoms with Crippen molar-refractivity contribution in [2.75, 3.05) is 4.98 Å². The lowest BCUT2D eigenvalue weighted by atomic mass is 10.3. The van der Waals surface area contributed by atoms with Gasteiger partial charge in [0.05, 0.1) is 0 Å². The SMILES string of the molecule is [SiH3]Nc1ccc(O[SiH3])cc1. The third kappa shape index (κ3) is 1.61. The van der Waals surface area contributed by atoms with Crippen LogP contribution in [-0.4, -0.2) is 20.9 Å². The van der Waals surface area contributed by atoms with Crippen LogP contribution >= 0.6 is 0 Å². The second kappa shape index (κ2) is 3.43. The van der Waals surface area contributed by atoms with Crippen LogP contribution in [0.2, 0.25) is 0 Å². The zero-order valence-corrected chi connectivity index (χ0v) is 10.2. The molecule has 1 rings (SSSR count). The van der Waals surface area contributed by atoms with Gasteiger partial charge >= 0.3 is 0 Å². The van der Waals surface area contributed by atoms with E-state index < -0.39 is 0 Å². The molecule has 0 aliphatic rings. The highest BCUT2D eigenvalue weighted by Gasteiger charge is 1.87. The van der Waals surface area contributed by atoms with E-state index in [1.807, 2.05) is 24.3 Å². The Morgan fingerprint density at radius 3 is 2.20 bits per heavy atom. The van der Waals surface area contributed by atoms with E-state index in [2.05, 4.69) is 4.98 Å². The van der Waals surface area contributed by atoms with Gasteiger partial charge in [-0.2, -0.15) is 0 Å². The first-order valence-electron chi connectivity index (χ1n) is 3.18. The fraction of sp³-hybridized carbons (Fsp3) is 0. The Bertz CT molecular complexity index is 176. The highest BCUT2D eigenvalue weighted by Crippen LogP contribution is 2.13. The lowest BCUT2D eigenvalue weighted by Crippen LogP contribution is -1.90. The Labute approximate surface area is 66.6 Å². The Kier molecular flexibility index (Phi) is 2.52. The van der Waals surface area contributed by atoms with Crippen molar-refractivity contribution in [2.24, 2.45) is 0 Å². The van der Waals surface area contributed by atoms with E-state index in [9.17, 15) is 0 Å². The Hall–Kier alpha value is -0.746. The van der Waals surface area contributed by atoms with E-state index >= 15 is 0 Å². The molecule has 54 valence electrons. The standard InChI is InChI=1S/C6H11NOSi2/c9-7-5-1-3-6(8-10)4-2-5/h1-4,7H,9-10H3. The van der Waals surface area contributed by atoms with Crippen molar-refractivity contribution < 1.29 is 4.43 Å². The maximum atomic E-state index is 5.14. The maximum Gasteiger partial charge on any atom is 0.204 e. The lowest BCUT2D eigenvalue weighted by molar-refractivity contribution is 0.616. The van der Waals surface area contributed by atoms with Crippen LogP contribution in [0.25, 0.3) is 0 Å². The predicted octanol–water partition coefficient (Wildman–Crippen LogP) is -0.962. The molecule has 0 unspecified atom stereocenters. The molecular formula is C6H11NOSi2. The summed E-state index contributed by atoms with van der Waals surface area (Å²) in [5, 5.41) is 0. The highest BCUT2D eigenvalue weighted by molar-refractivity contribution is 6.15. The number of anilines is 1. The Balaban J connectivity index is 2.80. The summed E-state index contributed by atoms with van der Waals surface area (Å²) in [6.07, 6.45) is 0. The van der Waals surface area contributed by atoms with Gasteiger partial charge in [-0.3, -0.25) is 0 Å². The molecule has 0 saturated carbocycles. The monoisotopic (exact) mass is 169 g/mol. The van der Waals surface area contributed by atoms with Crippen LogP contribution in [-0.2, 0) is 0 Å². The van der Waals surface area contributed by atoms with E-state index in [0.717, 1.165) is 26.6 Å². The minimum absolute atomic E-state index is 0.764. The zero-order valence-electron chi connectivity index (χ0n) is 6.22. The van der Waals surface area contributed by atoms with E-state index in [1.165, 1.54) is 5.69 Å². The molecule has 0 radical (unpaired) electrons. The first-order valence-corrected chi connectivity index (χ1v) is 5.00. The summed E-state index contributed by atoms with van der Waals surface area (Å²) in [6.45, 7) is 0. The van der Waals surface area contributed by atoms with E-state index in [4.69, 9.17) is 4.43 Å². The number of rotatable bonds is 2. The molecule has 0 heterocycles. The molecule has 10 heavy (non-hydrogen) atoms. The van der Waals surface area contributed by atoms with Gasteiger partial charge in [0.25, 0.3) is 0 Å². The molecule has 1 aromatic carbocycles. The van der Waals surface area contributed by atoms with Crippen LogP contribution in [0.1, 0.15) is 0 Å². The lowest BCUT2D eigenvalue weighted by Gasteiger charge is -2.01. The molecule has 0 amide bonds. The smallest absolute Gasteiger partial charge is 0.204 e. The first kappa shape index (κ1) is 7.36. The van der Waals surface area contributed by atoms with Gasteiger partial charge in [0.2, 0.25) is 10.5 Å². The van der Waals surface area contributed by atoms with Gasteiger partial charge in [-0.15, -0.1) is 0 Å². The molecule has 0 bridgehead atoms. The van der Waals surface area contributed by atoms with Gasteiger partial charge < -0.3 is 9.41 Å². The minimum Gasteiger partial charge on any atom is -0.553 e. The molecule has 4 heteroatoms. The third-order valence-corrected chi connectivity index (χ3v) is 2.43. The summed E-state index contributed by atoms with van der Waals surface area (Å²) < 4.78 is 5.14. The van der Waals surface area contributed by atoms with Crippen LogP contribution in [0, 0.1) is 0 Å². The number of hydrogen-bond acceptors (Lipinski definition) is 2. The molecule has 0 saturated heterocycles. The van der Waals surface area contributed by atoms with Gasteiger partial charge in [0.1, 0.15) is 16.2 Å². The van der Waals surface area contributed by atoms with E-state index in [-0.39, 0.29) is 0 Å². The molecule has 0 atom stereocenters. The van der Waals surface area contributed by atoms with Gasteiger partial charge in [0, 0.05) is 5.69 Å². The van der Waals surface area contributed by atoms with Crippen LogP contribution in [0.5, 0.6) is 5.75 Å². The normalized spacial score (nSPS) is 9.60. The van der Waals surface area contributed by atoms with Crippen LogP contribution < -0.4 is 9.41 Å². The summed E-state index contributed by atoms with van der Waals surface area (Å²) >= 11 is 0. The highest BCUT2D eigenvalue weighted by atomic mass is 28.2. The first-order chi connectivity index (χ1) is 4.86. The van der Waals surface area contributed by atoms with Crippen molar-refractivity contribution >= 4 is 26.6 Å². The van der Waals surface area contributed by atoms with E-state index in [1.54, 1.807) is 0 Å². The largest absolute Gasteiger partial charge is 0.553 e. The topological polar surface area (TPSA) is 21.3 Å². The number of benzene rings is 1. The predicted molar refractivity (Wildman–Crippen MR) is 50.6 cm³/mol. The molecule has 1 N–H and O–H groups in total. The van der Waals surface area contributed by atoms with Gasteiger partial charge in [-0.05, 0) is 24.3 Å². The summed E-state index contributed by atoms with van der Waals surface area (Å²) in [4.78, 5) is 3.17. The molecule has 0 aromatic heterocycles. The molecule has 2 nitrogen and oxygen atoms in total. The minimum atomic E-state index is 0.764. The fourth-order valence-electron chi connectivity index (χ4n) is 0.758. The van der Waals surface area contributed by atoms with Crippen molar-refractivity contribution in [2.45, 2.75) is 0 Å². The zero-order chi connectivity index (χ0) is 7.40. The van der Waals surface area contributed by atoms with E-state index in [0.29, 0.717) is 0 Å². The molecule has 0 fully saturated rings. The second-order valence-corrected chi connectivity index (χ2v) is 2.89. The third-order valence-electron chi connectivity index (χ3n) is 1.38. The summed E-state index contributed by atoms with van der Waals surface area (Å²) in [6, 6.07) is 8.01. The van der Waals surface area contributed by atoms with Crippen molar-refractivity contribution in [1.82, 2.24) is 0 Å². The van der Waals surface area contributed by atoms with Gasteiger partial charge in [-0.25, -0.2) is 0 Å². The number of hydrogen-bond donors (Lipinski definition) is 1. The summed E-state index contributed by atoms with van der Waals surface area (Å²) in [5.74, 6) is 0.965. The van der Waals surface area contributed by atoms with Crippen LogP contribution in [0.4, 0.5) is 5.69 Å². The maximum absolute atomic E-state index is 5.14. The molecular weight excluding hydrogens is 158 g/mol. The fourth-order valence-corrected chi connectivity index (χ4v) is 1.36. The van der Waals surface area contributed by atoms with Crippen molar-refractivity contribution in [3.8, 4) is 5.75 Å². The Morgan fingerprint density at radius 1 is 1.20 bits per heavy atom. The Morgan fingerprint density at radius 2 is 1.80 bits per heavy atom. The molecule has 1 aromatic rings. The molecule has 0 aliphatic heterocycles. The van der Waals surface area contributed by atoms with Crippen molar-refractivity contribution in [3.63, 3.8) is 0 Å². The van der Waals surface area contributed by atoms with Gasteiger partial charge in [-0.1, -0.05) is 0 Å². The number of nitrogens with one attached hydrogen (secondary N) is 1. The quantitative estimate of drug-likeness (QED) is 0.576. The summed E-state index contributed by atoms with van der Waals surface area (Å²) in [7, 11) is 1.76. The molecule has 0 aliphatic carbocycles. The van der Waals surface area contributed by atoms with Crippen LogP contribution in [0.15, 0.2) is 24.3 Å². The van der Waals surface area contributed by atoms with Crippen molar-refractivity contribution in [3.05, 3.63) is 24.3 Å². The molecule has 0 spiro atoms. The van der Waals surface area contributed by atoms with Crippen LogP contribution in [0.3, 0.4) is 0 Å². The average molecular weight is 169 g/mol. The van der Waals surface area contributed by atoms with Crippen molar-refractivity contribution in [1.29, 1.82) is 0 Å². The summed E-state index contributed by atoms with van der Waals surface area (Å²) in [5.41, 5.74) is 1.18.